The van der Waals surface area contributed by atoms with Crippen LogP contribution in [0.2, 0.25) is 0 Å². The average molecular weight is 252 g/mol. The summed E-state index contributed by atoms with van der Waals surface area (Å²) in [6, 6.07) is 0. The van der Waals surface area contributed by atoms with Crippen LogP contribution in [0.5, 0.6) is 0 Å². The zero-order valence-corrected chi connectivity index (χ0v) is 11.9. The highest BCUT2D eigenvalue weighted by molar-refractivity contribution is 7.91. The molecule has 0 saturated heterocycles. The van der Waals surface area contributed by atoms with Gasteiger partial charge in [-0.1, -0.05) is 39.5 Å². The lowest BCUT2D eigenvalue weighted by Crippen LogP contribution is -2.10. The number of sulfone groups is 1. The fourth-order valence-corrected chi connectivity index (χ4v) is 2.74. The zero-order chi connectivity index (χ0) is 12.9. The van der Waals surface area contributed by atoms with Crippen LogP contribution in [0, 0.1) is 0 Å². The van der Waals surface area contributed by atoms with Gasteiger partial charge in [0.1, 0.15) is 9.84 Å². The van der Waals surface area contributed by atoms with Gasteiger partial charge >= 0.3 is 0 Å². The highest BCUT2D eigenvalue weighted by Gasteiger charge is 2.08. The molecule has 0 heterocycles. The van der Waals surface area contributed by atoms with Crippen molar-refractivity contribution in [2.45, 2.75) is 59.3 Å². The van der Waals surface area contributed by atoms with Crippen molar-refractivity contribution in [2.75, 3.05) is 18.1 Å². The minimum absolute atomic E-state index is 0.250. The molecule has 0 aliphatic carbocycles. The Hall–Kier alpha value is -0.0900. The van der Waals surface area contributed by atoms with Crippen LogP contribution in [0.3, 0.4) is 0 Å². The Bertz CT molecular complexity index is 194. The van der Waals surface area contributed by atoms with Crippen molar-refractivity contribution in [1.82, 2.24) is 0 Å². The normalized spacial score (nSPS) is 10.8. The summed E-state index contributed by atoms with van der Waals surface area (Å²) in [5.74, 6) is 0.787. The van der Waals surface area contributed by atoms with Crippen LogP contribution >= 0.6 is 0 Å². The summed E-state index contributed by atoms with van der Waals surface area (Å²) in [6.45, 7) is 6.10. The largest absolute Gasteiger partial charge is 0.397 e. The number of unbranched alkanes of at least 4 members (excludes halogenated alkanes) is 4. The maximum absolute atomic E-state index is 11.4. The van der Waals surface area contributed by atoms with Crippen molar-refractivity contribution in [1.29, 1.82) is 0 Å². The van der Waals surface area contributed by atoms with Crippen LogP contribution in [0.25, 0.3) is 0 Å². The van der Waals surface area contributed by atoms with E-state index in [2.05, 4.69) is 13.8 Å². The third-order valence-corrected chi connectivity index (χ3v) is 3.94. The van der Waals surface area contributed by atoms with Crippen LogP contribution in [-0.4, -0.2) is 31.6 Å². The third kappa shape index (κ3) is 16.3. The molecule has 0 atom stereocenters. The molecular formula is C12H28O3S. The second kappa shape index (κ2) is 13.0. The van der Waals surface area contributed by atoms with Gasteiger partial charge in [-0.05, 0) is 19.8 Å². The van der Waals surface area contributed by atoms with Crippen molar-refractivity contribution >= 4 is 9.84 Å². The van der Waals surface area contributed by atoms with E-state index in [0.29, 0.717) is 11.5 Å². The number of aliphatic hydroxyl groups is 1. The summed E-state index contributed by atoms with van der Waals surface area (Å²) in [6.07, 6.45) is 5.92. The molecule has 0 saturated carbocycles. The first kappa shape index (κ1) is 18.3. The third-order valence-electron chi connectivity index (χ3n) is 2.12. The van der Waals surface area contributed by atoms with Gasteiger partial charge in [0.25, 0.3) is 0 Å². The molecule has 1 N–H and O–H groups in total. The highest BCUT2D eigenvalue weighted by atomic mass is 32.2. The molecule has 0 fully saturated rings. The summed E-state index contributed by atoms with van der Waals surface area (Å²) in [7, 11) is -2.73. The second-order valence-electron chi connectivity index (χ2n) is 3.88. The van der Waals surface area contributed by atoms with E-state index in [4.69, 9.17) is 5.11 Å². The topological polar surface area (TPSA) is 54.4 Å². The lowest BCUT2D eigenvalue weighted by molar-refractivity contribution is 0.318. The molecule has 0 unspecified atom stereocenters. The van der Waals surface area contributed by atoms with Crippen molar-refractivity contribution in [3.8, 4) is 0 Å². The van der Waals surface area contributed by atoms with E-state index in [1.54, 1.807) is 6.92 Å². The molecular weight excluding hydrogens is 224 g/mol. The van der Waals surface area contributed by atoms with Crippen LogP contribution in [0.4, 0.5) is 0 Å². The molecule has 0 aliphatic rings. The summed E-state index contributed by atoms with van der Waals surface area (Å²) in [5.41, 5.74) is 0. The van der Waals surface area contributed by atoms with Gasteiger partial charge in [-0.15, -0.1) is 0 Å². The van der Waals surface area contributed by atoms with E-state index >= 15 is 0 Å². The molecule has 100 valence electrons. The first-order valence-electron chi connectivity index (χ1n) is 6.35. The Labute approximate surface area is 101 Å². The van der Waals surface area contributed by atoms with Crippen molar-refractivity contribution < 1.29 is 13.5 Å². The molecule has 0 aromatic rings. The molecule has 0 amide bonds. The minimum atomic E-state index is -2.73. The monoisotopic (exact) mass is 252 g/mol. The van der Waals surface area contributed by atoms with Gasteiger partial charge in [0.2, 0.25) is 0 Å². The molecule has 0 spiro atoms. The Morgan fingerprint density at radius 1 is 0.812 bits per heavy atom. The molecule has 0 aromatic heterocycles. The fourth-order valence-electron chi connectivity index (χ4n) is 1.25. The number of aliphatic hydroxyl groups excluding tert-OH is 1. The number of rotatable bonds is 8. The van der Waals surface area contributed by atoms with Crippen molar-refractivity contribution in [3.63, 3.8) is 0 Å². The predicted octanol–water partition coefficient (Wildman–Crippen LogP) is 2.78. The van der Waals surface area contributed by atoms with Crippen LogP contribution in [-0.2, 0) is 9.84 Å². The van der Waals surface area contributed by atoms with E-state index in [-0.39, 0.29) is 6.61 Å². The average Bonchev–Trinajstić information content (AvgIpc) is 2.19. The predicted molar refractivity (Wildman–Crippen MR) is 70.5 cm³/mol. The molecule has 0 aliphatic heterocycles. The standard InChI is InChI=1S/C10H22O2S.C2H6O/c1-3-5-7-9-13(11,12)10-8-6-4-2;1-2-3/h3-10H2,1-2H3;3H,2H2,1H3. The molecule has 4 heteroatoms. The zero-order valence-electron chi connectivity index (χ0n) is 11.0. The lowest BCUT2D eigenvalue weighted by Gasteiger charge is -2.02. The SMILES string of the molecule is CCCCCS(=O)(=O)CCCCC.CCO. The molecule has 0 aromatic carbocycles. The quantitative estimate of drug-likeness (QED) is 0.676. The van der Waals surface area contributed by atoms with Gasteiger partial charge in [0.15, 0.2) is 0 Å². The smallest absolute Gasteiger partial charge is 0.150 e. The first-order chi connectivity index (χ1) is 7.54. The number of hydrogen-bond donors (Lipinski definition) is 1. The number of hydrogen-bond acceptors (Lipinski definition) is 3. The highest BCUT2D eigenvalue weighted by Crippen LogP contribution is 2.04. The lowest BCUT2D eigenvalue weighted by atomic mass is 10.3. The van der Waals surface area contributed by atoms with Crippen LogP contribution in [0.15, 0.2) is 0 Å². The van der Waals surface area contributed by atoms with Crippen LogP contribution < -0.4 is 0 Å². The van der Waals surface area contributed by atoms with E-state index < -0.39 is 9.84 Å². The summed E-state index contributed by atoms with van der Waals surface area (Å²) in [4.78, 5) is 0. The van der Waals surface area contributed by atoms with E-state index in [1.807, 2.05) is 0 Å². The van der Waals surface area contributed by atoms with Gasteiger partial charge in [0, 0.05) is 6.61 Å². The van der Waals surface area contributed by atoms with Crippen LogP contribution in [0.1, 0.15) is 59.3 Å². The molecule has 16 heavy (non-hydrogen) atoms. The van der Waals surface area contributed by atoms with E-state index in [1.165, 1.54) is 0 Å². The Morgan fingerprint density at radius 3 is 1.38 bits per heavy atom. The van der Waals surface area contributed by atoms with Gasteiger partial charge < -0.3 is 5.11 Å². The fraction of sp³-hybridized carbons (Fsp3) is 1.00. The summed E-state index contributed by atoms with van der Waals surface area (Å²) >= 11 is 0. The Kier molecular flexibility index (Phi) is 14.8. The van der Waals surface area contributed by atoms with Gasteiger partial charge in [0.05, 0.1) is 11.5 Å². The Morgan fingerprint density at radius 2 is 1.12 bits per heavy atom. The summed E-state index contributed by atoms with van der Waals surface area (Å²) < 4.78 is 22.8. The van der Waals surface area contributed by atoms with E-state index in [0.717, 1.165) is 38.5 Å². The molecule has 0 radical (unpaired) electrons. The second-order valence-corrected chi connectivity index (χ2v) is 6.19. The van der Waals surface area contributed by atoms with Gasteiger partial charge in [-0.2, -0.15) is 0 Å². The molecule has 0 bridgehead atoms. The molecule has 0 rings (SSSR count). The molecule has 3 nitrogen and oxygen atoms in total. The first-order valence-corrected chi connectivity index (χ1v) is 8.17. The Balaban J connectivity index is 0. The van der Waals surface area contributed by atoms with E-state index in [9.17, 15) is 8.42 Å². The van der Waals surface area contributed by atoms with Crippen molar-refractivity contribution in [2.24, 2.45) is 0 Å². The van der Waals surface area contributed by atoms with Gasteiger partial charge in [-0.25, -0.2) is 8.42 Å². The summed E-state index contributed by atoms with van der Waals surface area (Å²) in [5, 5.41) is 7.57. The van der Waals surface area contributed by atoms with Crippen molar-refractivity contribution in [3.05, 3.63) is 0 Å². The minimum Gasteiger partial charge on any atom is -0.397 e. The van der Waals surface area contributed by atoms with Gasteiger partial charge in [-0.3, -0.25) is 0 Å². The maximum Gasteiger partial charge on any atom is 0.150 e. The maximum atomic E-state index is 11.4.